The Bertz CT molecular complexity index is 432. The van der Waals surface area contributed by atoms with Gasteiger partial charge in [0, 0.05) is 31.2 Å². The van der Waals surface area contributed by atoms with Crippen molar-refractivity contribution in [3.63, 3.8) is 0 Å². The smallest absolute Gasteiger partial charge is 0.146 e. The van der Waals surface area contributed by atoms with Crippen molar-refractivity contribution in [2.45, 2.75) is 37.8 Å². The molecule has 1 saturated heterocycles. The summed E-state index contributed by atoms with van der Waals surface area (Å²) in [6.07, 6.45) is 4.67. The van der Waals surface area contributed by atoms with E-state index in [-0.39, 0.29) is 11.6 Å². The first kappa shape index (κ1) is 11.9. The van der Waals surface area contributed by atoms with E-state index in [1.165, 1.54) is 31.0 Å². The third kappa shape index (κ3) is 2.64. The summed E-state index contributed by atoms with van der Waals surface area (Å²) in [5.41, 5.74) is 0.400. The molecule has 1 unspecified atom stereocenters. The Morgan fingerprint density at radius 3 is 2.72 bits per heavy atom. The molecule has 1 saturated carbocycles. The lowest BCUT2D eigenvalue weighted by Gasteiger charge is -2.35. The predicted octanol–water partition coefficient (Wildman–Crippen LogP) is 2.69. The zero-order valence-electron chi connectivity index (χ0n) is 10.3. The van der Waals surface area contributed by atoms with Crippen molar-refractivity contribution in [2.75, 3.05) is 18.0 Å². The fourth-order valence-corrected chi connectivity index (χ4v) is 2.64. The zero-order valence-corrected chi connectivity index (χ0v) is 10.3. The molecule has 1 N–H and O–H groups in total. The van der Waals surface area contributed by atoms with E-state index in [9.17, 15) is 8.78 Å². The van der Waals surface area contributed by atoms with Gasteiger partial charge < -0.3 is 10.2 Å². The van der Waals surface area contributed by atoms with Crippen LogP contribution in [-0.4, -0.2) is 25.2 Å². The Hall–Kier alpha value is -1.16. The number of piperidine rings is 1. The van der Waals surface area contributed by atoms with Gasteiger partial charge in [0.15, 0.2) is 0 Å². The third-order valence-corrected chi connectivity index (χ3v) is 3.72. The molecule has 1 aromatic carbocycles. The van der Waals surface area contributed by atoms with E-state index in [2.05, 4.69) is 5.32 Å². The molecule has 2 aliphatic rings. The minimum atomic E-state index is -0.372. The summed E-state index contributed by atoms with van der Waals surface area (Å²) >= 11 is 0. The van der Waals surface area contributed by atoms with Gasteiger partial charge in [-0.25, -0.2) is 8.78 Å². The van der Waals surface area contributed by atoms with Crippen LogP contribution in [0.25, 0.3) is 0 Å². The molecule has 18 heavy (non-hydrogen) atoms. The molecule has 1 heterocycles. The van der Waals surface area contributed by atoms with Crippen LogP contribution in [-0.2, 0) is 0 Å². The number of halogens is 2. The zero-order chi connectivity index (χ0) is 12.5. The molecule has 3 rings (SSSR count). The molecule has 1 atom stereocenters. The number of hydrogen-bond acceptors (Lipinski definition) is 2. The van der Waals surface area contributed by atoms with Crippen molar-refractivity contribution >= 4 is 5.69 Å². The van der Waals surface area contributed by atoms with E-state index in [0.29, 0.717) is 17.8 Å². The van der Waals surface area contributed by atoms with Gasteiger partial charge >= 0.3 is 0 Å². The number of benzene rings is 1. The number of nitrogens with zero attached hydrogens (tertiary/aromatic N) is 1. The van der Waals surface area contributed by atoms with E-state index in [0.717, 1.165) is 25.9 Å². The number of rotatable bonds is 3. The number of nitrogens with one attached hydrogen (secondary N) is 1. The van der Waals surface area contributed by atoms with Crippen molar-refractivity contribution < 1.29 is 8.78 Å². The molecule has 2 fully saturated rings. The molecule has 2 nitrogen and oxygen atoms in total. The van der Waals surface area contributed by atoms with Crippen molar-refractivity contribution in [1.82, 2.24) is 5.32 Å². The van der Waals surface area contributed by atoms with Crippen LogP contribution >= 0.6 is 0 Å². The maximum absolute atomic E-state index is 13.7. The van der Waals surface area contributed by atoms with E-state index in [1.54, 1.807) is 0 Å². The van der Waals surface area contributed by atoms with Gasteiger partial charge in [-0.3, -0.25) is 0 Å². The summed E-state index contributed by atoms with van der Waals surface area (Å²) in [6.45, 7) is 1.58. The Kier molecular flexibility index (Phi) is 3.20. The molecule has 1 aliphatic carbocycles. The third-order valence-electron chi connectivity index (χ3n) is 3.72. The topological polar surface area (TPSA) is 15.3 Å². The highest BCUT2D eigenvalue weighted by molar-refractivity contribution is 5.48. The van der Waals surface area contributed by atoms with Gasteiger partial charge in [-0.2, -0.15) is 0 Å². The van der Waals surface area contributed by atoms with Crippen LogP contribution in [0.5, 0.6) is 0 Å². The van der Waals surface area contributed by atoms with Gasteiger partial charge in [-0.15, -0.1) is 0 Å². The van der Waals surface area contributed by atoms with Gasteiger partial charge in [-0.05, 0) is 37.8 Å². The second kappa shape index (κ2) is 4.84. The van der Waals surface area contributed by atoms with Gasteiger partial charge in [0.1, 0.15) is 11.6 Å². The average Bonchev–Trinajstić information content (AvgIpc) is 3.16. The first-order valence-electron chi connectivity index (χ1n) is 6.68. The van der Waals surface area contributed by atoms with Crippen LogP contribution in [0, 0.1) is 11.6 Å². The quantitative estimate of drug-likeness (QED) is 0.889. The molecule has 0 aromatic heterocycles. The van der Waals surface area contributed by atoms with Crippen molar-refractivity contribution in [3.05, 3.63) is 29.8 Å². The van der Waals surface area contributed by atoms with Crippen molar-refractivity contribution in [2.24, 2.45) is 0 Å². The van der Waals surface area contributed by atoms with Crippen LogP contribution in [0.2, 0.25) is 0 Å². The minimum absolute atomic E-state index is 0.330. The van der Waals surface area contributed by atoms with Gasteiger partial charge in [0.25, 0.3) is 0 Å². The molecule has 0 amide bonds. The number of hydrogen-bond donors (Lipinski definition) is 1. The summed E-state index contributed by atoms with van der Waals surface area (Å²) in [5, 5.41) is 3.57. The molecule has 98 valence electrons. The lowest BCUT2D eigenvalue weighted by atomic mass is 10.0. The summed E-state index contributed by atoms with van der Waals surface area (Å²) in [4.78, 5) is 1.96. The van der Waals surface area contributed by atoms with Crippen LogP contribution in [0.3, 0.4) is 0 Å². The Morgan fingerprint density at radius 1 is 1.11 bits per heavy atom. The van der Waals surface area contributed by atoms with E-state index in [4.69, 9.17) is 0 Å². The lowest BCUT2D eigenvalue weighted by molar-refractivity contribution is 0.417. The summed E-state index contributed by atoms with van der Waals surface area (Å²) in [6, 6.07) is 4.75. The second-order valence-corrected chi connectivity index (χ2v) is 5.32. The maximum Gasteiger partial charge on any atom is 0.146 e. The first-order chi connectivity index (χ1) is 8.72. The van der Waals surface area contributed by atoms with Gasteiger partial charge in [0.05, 0.1) is 5.69 Å². The molecule has 0 radical (unpaired) electrons. The normalized spacial score (nSPS) is 24.3. The predicted molar refractivity (Wildman–Crippen MR) is 67.8 cm³/mol. The van der Waals surface area contributed by atoms with Crippen LogP contribution in [0.1, 0.15) is 25.7 Å². The SMILES string of the molecule is Fc1ccc(F)c(N2CCCC(NC3CC3)C2)c1. The first-order valence-corrected chi connectivity index (χ1v) is 6.68. The maximum atomic E-state index is 13.7. The Labute approximate surface area is 106 Å². The molecule has 0 bridgehead atoms. The highest BCUT2D eigenvalue weighted by Crippen LogP contribution is 2.26. The van der Waals surface area contributed by atoms with E-state index >= 15 is 0 Å². The molecule has 4 heteroatoms. The minimum Gasteiger partial charge on any atom is -0.368 e. The largest absolute Gasteiger partial charge is 0.368 e. The lowest BCUT2D eigenvalue weighted by Crippen LogP contribution is -2.46. The number of anilines is 1. The molecular formula is C14H18F2N2. The summed E-state index contributed by atoms with van der Waals surface area (Å²) < 4.78 is 26.9. The van der Waals surface area contributed by atoms with Gasteiger partial charge in [0.2, 0.25) is 0 Å². The van der Waals surface area contributed by atoms with Crippen LogP contribution in [0.15, 0.2) is 18.2 Å². The van der Waals surface area contributed by atoms with Gasteiger partial charge in [-0.1, -0.05) is 0 Å². The second-order valence-electron chi connectivity index (χ2n) is 5.32. The Morgan fingerprint density at radius 2 is 1.94 bits per heavy atom. The van der Waals surface area contributed by atoms with Crippen LogP contribution in [0.4, 0.5) is 14.5 Å². The highest BCUT2D eigenvalue weighted by Gasteiger charge is 2.28. The summed E-state index contributed by atoms with van der Waals surface area (Å²) in [7, 11) is 0. The van der Waals surface area contributed by atoms with E-state index in [1.807, 2.05) is 4.90 Å². The van der Waals surface area contributed by atoms with Crippen molar-refractivity contribution in [1.29, 1.82) is 0 Å². The molecule has 1 aromatic rings. The molecular weight excluding hydrogens is 234 g/mol. The molecule has 0 spiro atoms. The Balaban J connectivity index is 1.72. The fourth-order valence-electron chi connectivity index (χ4n) is 2.64. The monoisotopic (exact) mass is 252 g/mol. The molecule has 1 aliphatic heterocycles. The standard InChI is InChI=1S/C14H18F2N2/c15-10-3-6-13(16)14(8-10)18-7-1-2-12(9-18)17-11-4-5-11/h3,6,8,11-12,17H,1-2,4-5,7,9H2. The summed E-state index contributed by atoms with van der Waals surface area (Å²) in [5.74, 6) is -0.702. The van der Waals surface area contributed by atoms with Crippen LogP contribution < -0.4 is 10.2 Å². The average molecular weight is 252 g/mol. The van der Waals surface area contributed by atoms with E-state index < -0.39 is 0 Å². The van der Waals surface area contributed by atoms with Crippen molar-refractivity contribution in [3.8, 4) is 0 Å². The fraction of sp³-hybridized carbons (Fsp3) is 0.571. The highest BCUT2D eigenvalue weighted by atomic mass is 19.1.